The standard InChI is InChI=1S/C80H156O17P2/c1-7-9-11-13-15-17-18-19-20-21-22-23-24-25-26-31-34-37-40-46-52-58-64-79(84)96-75(69-91-78(83)63-57-51-45-39-36-33-30-28-27-29-32-35-38-42-48-54-60-72(3)4)70-94-98(86,87)92-66-74(81)67-93-99(88,89)95-71-76(68-90-77(82)62-56-50-44-16-14-12-10-8-2)97-80(85)65-59-53-47-41-43-49-55-61-73(5)6/h72-76,81H,7-71H2,1-6H3,(H,86,87)(H,88,89)/t74-,75-,76-/m1/s1. The first kappa shape index (κ1) is 97.1. The number of unbranched alkanes of at least 4 members (excludes halogenated alkanes) is 49. The van der Waals surface area contributed by atoms with Gasteiger partial charge in [0, 0.05) is 25.7 Å². The van der Waals surface area contributed by atoms with Crippen LogP contribution in [0, 0.1) is 11.8 Å². The molecule has 19 heteroatoms. The molecule has 0 spiro atoms. The number of hydrogen-bond donors (Lipinski definition) is 3. The van der Waals surface area contributed by atoms with Crippen LogP contribution < -0.4 is 0 Å². The van der Waals surface area contributed by atoms with E-state index < -0.39 is 97.5 Å². The summed E-state index contributed by atoms with van der Waals surface area (Å²) in [7, 11) is -9.91. The first-order valence-electron chi connectivity index (χ1n) is 41.5. The van der Waals surface area contributed by atoms with Crippen molar-refractivity contribution in [3.8, 4) is 0 Å². The highest BCUT2D eigenvalue weighted by Crippen LogP contribution is 2.45. The maximum absolute atomic E-state index is 13.1. The van der Waals surface area contributed by atoms with Crippen LogP contribution in [-0.2, 0) is 65.4 Å². The van der Waals surface area contributed by atoms with Crippen molar-refractivity contribution in [1.82, 2.24) is 0 Å². The molecule has 2 unspecified atom stereocenters. The lowest BCUT2D eigenvalue weighted by atomic mass is 10.0. The van der Waals surface area contributed by atoms with Crippen LogP contribution in [0.5, 0.6) is 0 Å². The number of aliphatic hydroxyl groups is 1. The van der Waals surface area contributed by atoms with Gasteiger partial charge in [0.25, 0.3) is 0 Å². The van der Waals surface area contributed by atoms with E-state index in [1.165, 1.54) is 231 Å². The van der Waals surface area contributed by atoms with E-state index in [1.54, 1.807) is 0 Å². The van der Waals surface area contributed by atoms with Gasteiger partial charge >= 0.3 is 39.5 Å². The first-order chi connectivity index (χ1) is 47.9. The van der Waals surface area contributed by atoms with Gasteiger partial charge < -0.3 is 33.8 Å². The molecule has 99 heavy (non-hydrogen) atoms. The van der Waals surface area contributed by atoms with E-state index >= 15 is 0 Å². The second kappa shape index (κ2) is 71.7. The molecule has 0 heterocycles. The Morgan fingerprint density at radius 3 is 0.687 bits per heavy atom. The van der Waals surface area contributed by atoms with E-state index in [0.717, 1.165) is 102 Å². The van der Waals surface area contributed by atoms with Crippen molar-refractivity contribution in [2.75, 3.05) is 39.6 Å². The normalized spacial score (nSPS) is 13.9. The zero-order valence-corrected chi connectivity index (χ0v) is 66.6. The summed E-state index contributed by atoms with van der Waals surface area (Å²) in [5.74, 6) is -0.609. The van der Waals surface area contributed by atoms with Crippen LogP contribution in [0.3, 0.4) is 0 Å². The summed E-state index contributed by atoms with van der Waals surface area (Å²) >= 11 is 0. The second-order valence-corrected chi connectivity index (χ2v) is 32.7. The minimum Gasteiger partial charge on any atom is -0.462 e. The van der Waals surface area contributed by atoms with E-state index in [9.17, 15) is 43.2 Å². The highest BCUT2D eigenvalue weighted by molar-refractivity contribution is 7.47. The van der Waals surface area contributed by atoms with Gasteiger partial charge in [0.15, 0.2) is 12.2 Å². The third kappa shape index (κ3) is 74.1. The Kier molecular flexibility index (Phi) is 70.3. The summed E-state index contributed by atoms with van der Waals surface area (Å²) in [4.78, 5) is 72.8. The molecular formula is C80H156O17P2. The predicted octanol–water partition coefficient (Wildman–Crippen LogP) is 23.9. The predicted molar refractivity (Wildman–Crippen MR) is 405 cm³/mol. The van der Waals surface area contributed by atoms with Crippen LogP contribution in [0.2, 0.25) is 0 Å². The number of aliphatic hydroxyl groups excluding tert-OH is 1. The molecule has 0 radical (unpaired) electrons. The van der Waals surface area contributed by atoms with Gasteiger partial charge in [0.05, 0.1) is 26.4 Å². The van der Waals surface area contributed by atoms with Gasteiger partial charge in [-0.15, -0.1) is 0 Å². The number of ether oxygens (including phenoxy) is 4. The Bertz CT molecular complexity index is 1910. The fourth-order valence-electron chi connectivity index (χ4n) is 12.4. The molecule has 588 valence electrons. The van der Waals surface area contributed by atoms with Gasteiger partial charge in [-0.05, 0) is 37.5 Å². The lowest BCUT2D eigenvalue weighted by molar-refractivity contribution is -0.161. The lowest BCUT2D eigenvalue weighted by Crippen LogP contribution is -2.30. The third-order valence-corrected chi connectivity index (χ3v) is 20.6. The van der Waals surface area contributed by atoms with Crippen LogP contribution in [0.25, 0.3) is 0 Å². The molecule has 0 aliphatic rings. The molecule has 0 aromatic heterocycles. The number of hydrogen-bond acceptors (Lipinski definition) is 15. The lowest BCUT2D eigenvalue weighted by Gasteiger charge is -2.21. The second-order valence-electron chi connectivity index (χ2n) is 29.8. The largest absolute Gasteiger partial charge is 0.472 e. The summed E-state index contributed by atoms with van der Waals surface area (Å²) in [5.41, 5.74) is 0. The molecule has 0 saturated heterocycles. The fourth-order valence-corrected chi connectivity index (χ4v) is 13.9. The average Bonchev–Trinajstić information content (AvgIpc) is 1.07. The van der Waals surface area contributed by atoms with Crippen LogP contribution in [0.1, 0.15) is 420 Å². The van der Waals surface area contributed by atoms with Crippen molar-refractivity contribution in [3.05, 3.63) is 0 Å². The van der Waals surface area contributed by atoms with E-state index in [2.05, 4.69) is 41.5 Å². The number of phosphoric acid groups is 2. The monoisotopic (exact) mass is 1450 g/mol. The SMILES string of the molecule is CCCCCCCCCCCCCCCCCCCCCCCCC(=O)O[C@H](COC(=O)CCCCCCCCCCCCCCCCCCC(C)C)COP(=O)(O)OC[C@@H](O)COP(=O)(O)OC[C@@H](COC(=O)CCCCCCCCCC)OC(=O)CCCCCCCCCC(C)C. The molecule has 0 fully saturated rings. The maximum atomic E-state index is 13.1. The van der Waals surface area contributed by atoms with E-state index in [-0.39, 0.29) is 25.7 Å². The number of rotatable bonds is 79. The van der Waals surface area contributed by atoms with Crippen molar-refractivity contribution in [2.24, 2.45) is 11.8 Å². The molecule has 3 N–H and O–H groups in total. The third-order valence-electron chi connectivity index (χ3n) is 18.7. The van der Waals surface area contributed by atoms with Crippen molar-refractivity contribution >= 4 is 39.5 Å². The van der Waals surface area contributed by atoms with E-state index in [0.29, 0.717) is 31.6 Å². The topological polar surface area (TPSA) is 237 Å². The number of phosphoric ester groups is 2. The zero-order chi connectivity index (χ0) is 72.8. The average molecular weight is 1450 g/mol. The van der Waals surface area contributed by atoms with Gasteiger partial charge in [0.2, 0.25) is 0 Å². The van der Waals surface area contributed by atoms with Crippen LogP contribution >= 0.6 is 15.6 Å². The summed E-state index contributed by atoms with van der Waals surface area (Å²) in [6.07, 6.45) is 61.5. The van der Waals surface area contributed by atoms with E-state index in [1.807, 2.05) is 0 Å². The Balaban J connectivity index is 5.15. The van der Waals surface area contributed by atoms with Gasteiger partial charge in [-0.25, -0.2) is 9.13 Å². The fraction of sp³-hybridized carbons (Fsp3) is 0.950. The van der Waals surface area contributed by atoms with Gasteiger partial charge in [-0.2, -0.15) is 0 Å². The van der Waals surface area contributed by atoms with Crippen molar-refractivity contribution in [2.45, 2.75) is 439 Å². The number of carbonyl (C=O) groups excluding carboxylic acids is 4. The van der Waals surface area contributed by atoms with Gasteiger partial charge in [-0.1, -0.05) is 369 Å². The highest BCUT2D eigenvalue weighted by Gasteiger charge is 2.30. The molecule has 0 aromatic rings. The van der Waals surface area contributed by atoms with Crippen LogP contribution in [-0.4, -0.2) is 96.7 Å². The van der Waals surface area contributed by atoms with Crippen molar-refractivity contribution < 1.29 is 80.2 Å². The van der Waals surface area contributed by atoms with Gasteiger partial charge in [0.1, 0.15) is 19.3 Å². The molecule has 0 saturated carbocycles. The summed E-state index contributed by atoms with van der Waals surface area (Å²) in [6, 6.07) is 0. The van der Waals surface area contributed by atoms with Gasteiger partial charge in [-0.3, -0.25) is 37.3 Å². The smallest absolute Gasteiger partial charge is 0.462 e. The first-order valence-corrected chi connectivity index (χ1v) is 44.5. The minimum atomic E-state index is -4.96. The Morgan fingerprint density at radius 2 is 0.465 bits per heavy atom. The van der Waals surface area contributed by atoms with Crippen molar-refractivity contribution in [1.29, 1.82) is 0 Å². The summed E-state index contributed by atoms with van der Waals surface area (Å²) < 4.78 is 68.5. The summed E-state index contributed by atoms with van der Waals surface area (Å²) in [5, 5.41) is 10.6. The molecule has 0 aliphatic heterocycles. The van der Waals surface area contributed by atoms with E-state index in [4.69, 9.17) is 37.0 Å². The highest BCUT2D eigenvalue weighted by atomic mass is 31.2. The zero-order valence-electron chi connectivity index (χ0n) is 64.8. The quantitative estimate of drug-likeness (QED) is 0.0222. The molecule has 0 bridgehead atoms. The molecule has 5 atom stereocenters. The molecular weight excluding hydrogens is 1290 g/mol. The van der Waals surface area contributed by atoms with Crippen LogP contribution in [0.15, 0.2) is 0 Å². The molecule has 0 aromatic carbocycles. The maximum Gasteiger partial charge on any atom is 0.472 e. The molecule has 0 aliphatic carbocycles. The molecule has 0 amide bonds. The number of carbonyl (C=O) groups is 4. The number of esters is 4. The molecule has 17 nitrogen and oxygen atoms in total. The minimum absolute atomic E-state index is 0.104. The molecule has 0 rings (SSSR count). The Hall–Kier alpha value is -1.94. The Labute approximate surface area is 607 Å². The summed E-state index contributed by atoms with van der Waals surface area (Å²) in [6.45, 7) is 9.55. The van der Waals surface area contributed by atoms with Crippen molar-refractivity contribution in [3.63, 3.8) is 0 Å². The Morgan fingerprint density at radius 1 is 0.273 bits per heavy atom. The van der Waals surface area contributed by atoms with Crippen LogP contribution in [0.4, 0.5) is 0 Å².